The number of hydrogen-bond acceptors (Lipinski definition) is 6. The zero-order valence-electron chi connectivity index (χ0n) is 20.3. The topological polar surface area (TPSA) is 103 Å². The zero-order chi connectivity index (χ0) is 25.3. The van der Waals surface area contributed by atoms with E-state index in [0.717, 1.165) is 11.3 Å². The van der Waals surface area contributed by atoms with Gasteiger partial charge in [0.25, 0.3) is 10.0 Å². The highest BCUT2D eigenvalue weighted by atomic mass is 32.2. The monoisotopic (exact) mass is 494 g/mol. The highest BCUT2D eigenvalue weighted by Crippen LogP contribution is 2.28. The van der Waals surface area contributed by atoms with Crippen LogP contribution in [0.3, 0.4) is 0 Å². The van der Waals surface area contributed by atoms with Crippen molar-refractivity contribution in [1.29, 1.82) is 0 Å². The average Bonchev–Trinajstić information content (AvgIpc) is 2.80. The van der Waals surface area contributed by atoms with E-state index in [-0.39, 0.29) is 22.2 Å². The first-order valence-corrected chi connectivity index (χ1v) is 12.9. The van der Waals surface area contributed by atoms with Crippen molar-refractivity contribution in [2.75, 3.05) is 34.2 Å². The Bertz CT molecular complexity index is 1370. The molecule has 0 radical (unpaired) electrons. The molecule has 35 heavy (non-hydrogen) atoms. The third kappa shape index (κ3) is 5.24. The fourth-order valence-electron chi connectivity index (χ4n) is 4.47. The Hall–Kier alpha value is -3.59. The molecule has 9 heteroatoms. The fraction of sp³-hybridized carbons (Fsp3) is 0.308. The molecular formula is C26H30N4O4S. The summed E-state index contributed by atoms with van der Waals surface area (Å²) >= 11 is 0. The van der Waals surface area contributed by atoms with Gasteiger partial charge in [-0.2, -0.15) is 0 Å². The SMILES string of the molecule is Cc1cccc(N2CCN(c3ncc(NS(=O)(=O)c4cc(C)ccc4C)cc3C(=O)O)C[C@H]2C)c1. The van der Waals surface area contributed by atoms with E-state index in [2.05, 4.69) is 46.7 Å². The lowest BCUT2D eigenvalue weighted by Gasteiger charge is -2.42. The Morgan fingerprint density at radius 1 is 1.06 bits per heavy atom. The number of benzene rings is 2. The van der Waals surface area contributed by atoms with Gasteiger partial charge in [0.1, 0.15) is 11.4 Å². The van der Waals surface area contributed by atoms with Crippen LogP contribution in [-0.2, 0) is 10.0 Å². The second-order valence-electron chi connectivity index (χ2n) is 9.10. The first-order chi connectivity index (χ1) is 16.5. The minimum Gasteiger partial charge on any atom is -0.478 e. The maximum Gasteiger partial charge on any atom is 0.339 e. The first-order valence-electron chi connectivity index (χ1n) is 11.5. The van der Waals surface area contributed by atoms with Gasteiger partial charge in [0.2, 0.25) is 0 Å². The molecule has 0 spiro atoms. The summed E-state index contributed by atoms with van der Waals surface area (Å²) in [5, 5.41) is 9.89. The zero-order valence-corrected chi connectivity index (χ0v) is 21.1. The minimum atomic E-state index is -3.90. The van der Waals surface area contributed by atoms with E-state index in [4.69, 9.17) is 0 Å². The van der Waals surface area contributed by atoms with Crippen LogP contribution in [0.5, 0.6) is 0 Å². The maximum atomic E-state index is 13.0. The van der Waals surface area contributed by atoms with Crippen LogP contribution in [0.4, 0.5) is 17.2 Å². The van der Waals surface area contributed by atoms with Gasteiger partial charge >= 0.3 is 5.97 Å². The summed E-state index contributed by atoms with van der Waals surface area (Å²) < 4.78 is 28.4. The number of aromatic nitrogens is 1. The number of nitrogens with zero attached hydrogens (tertiary/aromatic N) is 3. The van der Waals surface area contributed by atoms with Gasteiger partial charge < -0.3 is 14.9 Å². The molecule has 3 aromatic rings. The molecule has 2 N–H and O–H groups in total. The molecule has 4 rings (SSSR count). The summed E-state index contributed by atoms with van der Waals surface area (Å²) in [6.07, 6.45) is 1.38. The Labute approximate surface area is 206 Å². The summed E-state index contributed by atoms with van der Waals surface area (Å²) in [5.74, 6) is -0.822. The highest BCUT2D eigenvalue weighted by Gasteiger charge is 2.28. The molecule has 0 amide bonds. The molecule has 2 aromatic carbocycles. The van der Waals surface area contributed by atoms with Crippen molar-refractivity contribution >= 4 is 33.2 Å². The van der Waals surface area contributed by atoms with Crippen LogP contribution < -0.4 is 14.5 Å². The quantitative estimate of drug-likeness (QED) is 0.529. The minimum absolute atomic E-state index is 0.0395. The molecule has 1 aromatic heterocycles. The van der Waals surface area contributed by atoms with Gasteiger partial charge in [0.15, 0.2) is 0 Å². The van der Waals surface area contributed by atoms with Crippen LogP contribution in [0.15, 0.2) is 59.6 Å². The number of carboxylic acid groups (broad SMARTS) is 1. The molecule has 0 aliphatic carbocycles. The summed E-state index contributed by atoms with van der Waals surface area (Å²) in [4.78, 5) is 20.9. The number of aromatic carboxylic acids is 1. The fourth-order valence-corrected chi connectivity index (χ4v) is 5.83. The molecule has 1 saturated heterocycles. The Kier molecular flexibility index (Phi) is 6.71. The number of hydrogen-bond donors (Lipinski definition) is 2. The van der Waals surface area contributed by atoms with Crippen LogP contribution in [0.2, 0.25) is 0 Å². The standard InChI is InChI=1S/C26H30N4O4S/c1-17-6-5-7-22(12-17)30-11-10-29(16-20(30)4)25-23(26(31)32)14-21(15-27-25)28-35(33,34)24-13-18(2)8-9-19(24)3/h5-9,12-15,20,28H,10-11,16H2,1-4H3,(H,31,32)/t20-/m1/s1. The molecule has 1 atom stereocenters. The number of aryl methyl sites for hydroxylation is 3. The van der Waals surface area contributed by atoms with Crippen molar-refractivity contribution in [1.82, 2.24) is 4.98 Å². The Balaban J connectivity index is 1.58. The summed E-state index contributed by atoms with van der Waals surface area (Å²) in [7, 11) is -3.90. The van der Waals surface area contributed by atoms with Crippen LogP contribution in [0.25, 0.3) is 0 Å². The molecule has 1 fully saturated rings. The van der Waals surface area contributed by atoms with Gasteiger partial charge in [-0.1, -0.05) is 24.3 Å². The molecule has 8 nitrogen and oxygen atoms in total. The van der Waals surface area contributed by atoms with Crippen LogP contribution >= 0.6 is 0 Å². The average molecular weight is 495 g/mol. The van der Waals surface area contributed by atoms with Crippen LogP contribution in [0.1, 0.15) is 34.0 Å². The van der Waals surface area contributed by atoms with Crippen molar-refractivity contribution in [2.45, 2.75) is 38.6 Å². The normalized spacial score (nSPS) is 16.3. The van der Waals surface area contributed by atoms with Crippen molar-refractivity contribution in [3.05, 3.63) is 77.0 Å². The number of rotatable bonds is 6. The number of sulfonamides is 1. The van der Waals surface area contributed by atoms with E-state index < -0.39 is 16.0 Å². The molecule has 0 saturated carbocycles. The Morgan fingerprint density at radius 2 is 1.80 bits per heavy atom. The van der Waals surface area contributed by atoms with E-state index in [1.165, 1.54) is 17.8 Å². The third-order valence-electron chi connectivity index (χ3n) is 6.24. The Morgan fingerprint density at radius 3 is 2.49 bits per heavy atom. The molecule has 0 bridgehead atoms. The van der Waals surface area contributed by atoms with E-state index >= 15 is 0 Å². The number of anilines is 3. The van der Waals surface area contributed by atoms with E-state index in [1.807, 2.05) is 24.0 Å². The molecular weight excluding hydrogens is 464 g/mol. The smallest absolute Gasteiger partial charge is 0.339 e. The lowest BCUT2D eigenvalue weighted by Crippen LogP contribution is -2.52. The molecule has 184 valence electrons. The number of pyridine rings is 1. The molecule has 2 heterocycles. The first kappa shape index (κ1) is 24.5. The summed E-state index contributed by atoms with van der Waals surface area (Å²) in [5.41, 5.74) is 3.81. The highest BCUT2D eigenvalue weighted by molar-refractivity contribution is 7.92. The predicted molar refractivity (Wildman–Crippen MR) is 138 cm³/mol. The van der Waals surface area contributed by atoms with Crippen molar-refractivity contribution < 1.29 is 18.3 Å². The van der Waals surface area contributed by atoms with Gasteiger partial charge in [0.05, 0.1) is 16.8 Å². The van der Waals surface area contributed by atoms with Crippen LogP contribution in [-0.4, -0.2) is 50.2 Å². The lowest BCUT2D eigenvalue weighted by atomic mass is 10.1. The van der Waals surface area contributed by atoms with Crippen molar-refractivity contribution in [3.8, 4) is 0 Å². The predicted octanol–water partition coefficient (Wildman–Crippen LogP) is 4.22. The van der Waals surface area contributed by atoms with Gasteiger partial charge in [-0.3, -0.25) is 4.72 Å². The van der Waals surface area contributed by atoms with E-state index in [9.17, 15) is 18.3 Å². The summed E-state index contributed by atoms with van der Waals surface area (Å²) in [6.45, 7) is 9.60. The summed E-state index contributed by atoms with van der Waals surface area (Å²) in [6, 6.07) is 15.0. The van der Waals surface area contributed by atoms with E-state index in [0.29, 0.717) is 31.0 Å². The number of carboxylic acids is 1. The number of piperazine rings is 1. The molecule has 0 unspecified atom stereocenters. The number of carbonyl (C=O) groups is 1. The van der Waals surface area contributed by atoms with Gasteiger partial charge in [-0.25, -0.2) is 18.2 Å². The largest absolute Gasteiger partial charge is 0.478 e. The van der Waals surface area contributed by atoms with Crippen LogP contribution in [0, 0.1) is 20.8 Å². The lowest BCUT2D eigenvalue weighted by molar-refractivity contribution is 0.0697. The van der Waals surface area contributed by atoms with Crippen molar-refractivity contribution in [2.24, 2.45) is 0 Å². The second kappa shape index (κ2) is 9.58. The molecule has 1 aliphatic heterocycles. The maximum absolute atomic E-state index is 13.0. The van der Waals surface area contributed by atoms with E-state index in [1.54, 1.807) is 19.1 Å². The van der Waals surface area contributed by atoms with Gasteiger partial charge in [-0.15, -0.1) is 0 Å². The number of nitrogens with one attached hydrogen (secondary N) is 1. The third-order valence-corrected chi connectivity index (χ3v) is 7.77. The van der Waals surface area contributed by atoms with Gasteiger partial charge in [-0.05, 0) is 68.7 Å². The van der Waals surface area contributed by atoms with Crippen molar-refractivity contribution in [3.63, 3.8) is 0 Å². The van der Waals surface area contributed by atoms with Gasteiger partial charge in [0, 0.05) is 31.4 Å². The molecule has 1 aliphatic rings. The second-order valence-corrected chi connectivity index (χ2v) is 10.8.